The molecule has 0 fully saturated rings. The molecule has 12 heavy (non-hydrogen) atoms. The van der Waals surface area contributed by atoms with Crippen molar-refractivity contribution in [2.75, 3.05) is 20.6 Å². The SMILES string of the molecule is CC[N+](C)(C)Cc1cccs1.[Br-]. The average Bonchev–Trinajstić information content (AvgIpc) is 2.39. The van der Waals surface area contributed by atoms with Crippen LogP contribution in [0.3, 0.4) is 0 Å². The van der Waals surface area contributed by atoms with E-state index in [0.717, 1.165) is 11.0 Å². The molecule has 1 aromatic rings. The van der Waals surface area contributed by atoms with Crippen LogP contribution in [-0.2, 0) is 6.54 Å². The van der Waals surface area contributed by atoms with Crippen LogP contribution in [-0.4, -0.2) is 25.1 Å². The van der Waals surface area contributed by atoms with Gasteiger partial charge < -0.3 is 21.5 Å². The number of halogens is 1. The summed E-state index contributed by atoms with van der Waals surface area (Å²) in [6.45, 7) is 4.58. The molecule has 0 N–H and O–H groups in total. The van der Waals surface area contributed by atoms with Crippen molar-refractivity contribution in [3.63, 3.8) is 0 Å². The van der Waals surface area contributed by atoms with E-state index < -0.39 is 0 Å². The van der Waals surface area contributed by atoms with Crippen molar-refractivity contribution in [1.82, 2.24) is 0 Å². The smallest absolute Gasteiger partial charge is 0.113 e. The molecule has 0 aliphatic rings. The number of hydrogen-bond acceptors (Lipinski definition) is 1. The lowest BCUT2D eigenvalue weighted by atomic mass is 10.4. The molecule has 0 aliphatic carbocycles. The molecule has 0 radical (unpaired) electrons. The van der Waals surface area contributed by atoms with E-state index in [1.54, 1.807) is 0 Å². The zero-order chi connectivity index (χ0) is 8.32. The fourth-order valence-electron chi connectivity index (χ4n) is 0.936. The Morgan fingerprint density at radius 3 is 2.50 bits per heavy atom. The van der Waals surface area contributed by atoms with Crippen molar-refractivity contribution in [3.05, 3.63) is 22.4 Å². The van der Waals surface area contributed by atoms with Crippen LogP contribution in [0, 0.1) is 0 Å². The van der Waals surface area contributed by atoms with Crippen LogP contribution in [0.25, 0.3) is 0 Å². The van der Waals surface area contributed by atoms with Crippen LogP contribution in [0.1, 0.15) is 11.8 Å². The Bertz CT molecular complexity index is 206. The Morgan fingerprint density at radius 1 is 1.42 bits per heavy atom. The molecule has 0 unspecified atom stereocenters. The molecule has 1 heterocycles. The Kier molecular flexibility index (Phi) is 5.06. The molecule has 0 spiro atoms. The first-order chi connectivity index (χ1) is 5.14. The molecule has 0 aromatic carbocycles. The van der Waals surface area contributed by atoms with Gasteiger partial charge in [0.2, 0.25) is 0 Å². The van der Waals surface area contributed by atoms with E-state index in [1.165, 1.54) is 11.4 Å². The maximum atomic E-state index is 2.26. The fraction of sp³-hybridized carbons (Fsp3) is 0.556. The Hall–Kier alpha value is 0.140. The van der Waals surface area contributed by atoms with Crippen molar-refractivity contribution in [2.45, 2.75) is 13.5 Å². The Morgan fingerprint density at radius 2 is 2.08 bits per heavy atom. The van der Waals surface area contributed by atoms with E-state index in [2.05, 4.69) is 38.5 Å². The first kappa shape index (κ1) is 12.1. The summed E-state index contributed by atoms with van der Waals surface area (Å²) in [4.78, 5) is 1.48. The average molecular weight is 250 g/mol. The minimum atomic E-state index is 0. The summed E-state index contributed by atoms with van der Waals surface area (Å²) >= 11 is 1.85. The molecule has 0 amide bonds. The zero-order valence-electron chi connectivity index (χ0n) is 7.88. The number of quaternary nitrogens is 1. The van der Waals surface area contributed by atoms with E-state index >= 15 is 0 Å². The maximum Gasteiger partial charge on any atom is 0.113 e. The van der Waals surface area contributed by atoms with Crippen LogP contribution in [0.15, 0.2) is 17.5 Å². The number of rotatable bonds is 3. The Labute approximate surface area is 89.4 Å². The molecule has 0 atom stereocenters. The maximum absolute atomic E-state index is 2.26. The second kappa shape index (κ2) is 5.00. The first-order valence-electron chi connectivity index (χ1n) is 3.98. The highest BCUT2D eigenvalue weighted by Gasteiger charge is 2.12. The van der Waals surface area contributed by atoms with Crippen LogP contribution >= 0.6 is 11.3 Å². The molecular formula is C9H16BrNS. The number of hydrogen-bond donors (Lipinski definition) is 0. The Balaban J connectivity index is 0.00000121. The van der Waals surface area contributed by atoms with Crippen molar-refractivity contribution >= 4 is 11.3 Å². The monoisotopic (exact) mass is 249 g/mol. The third-order valence-corrected chi connectivity index (χ3v) is 2.88. The van der Waals surface area contributed by atoms with Gasteiger partial charge in [-0.15, -0.1) is 11.3 Å². The summed E-state index contributed by atoms with van der Waals surface area (Å²) in [5.41, 5.74) is 0. The third kappa shape index (κ3) is 3.70. The van der Waals surface area contributed by atoms with Gasteiger partial charge in [0.05, 0.1) is 25.5 Å². The van der Waals surface area contributed by atoms with Crippen molar-refractivity contribution < 1.29 is 21.5 Å². The summed E-state index contributed by atoms with van der Waals surface area (Å²) in [7, 11) is 4.53. The lowest BCUT2D eigenvalue weighted by Gasteiger charge is -2.27. The molecule has 1 nitrogen and oxygen atoms in total. The van der Waals surface area contributed by atoms with E-state index in [4.69, 9.17) is 0 Å². The summed E-state index contributed by atoms with van der Waals surface area (Å²) < 4.78 is 1.08. The van der Waals surface area contributed by atoms with Gasteiger partial charge in [0.1, 0.15) is 6.54 Å². The molecule has 0 bridgehead atoms. The first-order valence-corrected chi connectivity index (χ1v) is 4.86. The largest absolute Gasteiger partial charge is 1.00 e. The molecule has 0 aliphatic heterocycles. The van der Waals surface area contributed by atoms with Crippen molar-refractivity contribution in [1.29, 1.82) is 0 Å². The minimum Gasteiger partial charge on any atom is -1.00 e. The quantitative estimate of drug-likeness (QED) is 0.625. The van der Waals surface area contributed by atoms with Gasteiger partial charge in [-0.1, -0.05) is 6.07 Å². The summed E-state index contributed by atoms with van der Waals surface area (Å²) in [5, 5.41) is 2.14. The fourth-order valence-corrected chi connectivity index (χ4v) is 1.85. The standard InChI is InChI=1S/C9H16NS.BrH/c1-4-10(2,3)8-9-6-5-7-11-9;/h5-7H,4,8H2,1-3H3;1H/q+1;/p-1. The number of nitrogens with zero attached hydrogens (tertiary/aromatic N) is 1. The second-order valence-electron chi connectivity index (χ2n) is 3.49. The second-order valence-corrected chi connectivity index (χ2v) is 4.52. The van der Waals surface area contributed by atoms with Crippen LogP contribution in [0.2, 0.25) is 0 Å². The van der Waals surface area contributed by atoms with Gasteiger partial charge in [-0.25, -0.2) is 0 Å². The normalized spacial score (nSPS) is 10.9. The molecule has 1 aromatic heterocycles. The lowest BCUT2D eigenvalue weighted by Crippen LogP contribution is -3.00. The summed E-state index contributed by atoms with van der Waals surface area (Å²) in [6, 6.07) is 4.33. The molecule has 0 saturated heterocycles. The van der Waals surface area contributed by atoms with E-state index in [1.807, 2.05) is 11.3 Å². The van der Waals surface area contributed by atoms with Gasteiger partial charge in [-0.05, 0) is 18.4 Å². The van der Waals surface area contributed by atoms with Gasteiger partial charge >= 0.3 is 0 Å². The number of thiophene rings is 1. The van der Waals surface area contributed by atoms with Crippen LogP contribution in [0.5, 0.6) is 0 Å². The summed E-state index contributed by atoms with van der Waals surface area (Å²) in [5.74, 6) is 0. The zero-order valence-corrected chi connectivity index (χ0v) is 10.3. The van der Waals surface area contributed by atoms with Gasteiger partial charge in [-0.2, -0.15) is 0 Å². The van der Waals surface area contributed by atoms with Crippen LogP contribution < -0.4 is 17.0 Å². The van der Waals surface area contributed by atoms with Crippen LogP contribution in [0.4, 0.5) is 0 Å². The lowest BCUT2D eigenvalue weighted by molar-refractivity contribution is -0.901. The topological polar surface area (TPSA) is 0 Å². The third-order valence-electron chi connectivity index (χ3n) is 2.02. The molecule has 0 saturated carbocycles. The van der Waals surface area contributed by atoms with Crippen molar-refractivity contribution in [3.8, 4) is 0 Å². The molecule has 1 rings (SSSR count). The molecule has 70 valence electrons. The van der Waals surface area contributed by atoms with Gasteiger partial charge in [0.15, 0.2) is 0 Å². The van der Waals surface area contributed by atoms with Gasteiger partial charge in [0, 0.05) is 0 Å². The highest BCUT2D eigenvalue weighted by atomic mass is 79.9. The van der Waals surface area contributed by atoms with E-state index in [-0.39, 0.29) is 17.0 Å². The van der Waals surface area contributed by atoms with E-state index in [0.29, 0.717) is 0 Å². The highest BCUT2D eigenvalue weighted by molar-refractivity contribution is 7.09. The predicted molar refractivity (Wildman–Crippen MR) is 50.7 cm³/mol. The highest BCUT2D eigenvalue weighted by Crippen LogP contribution is 2.13. The summed E-state index contributed by atoms with van der Waals surface area (Å²) in [6.07, 6.45) is 0. The van der Waals surface area contributed by atoms with Gasteiger partial charge in [0.25, 0.3) is 0 Å². The van der Waals surface area contributed by atoms with Gasteiger partial charge in [-0.3, -0.25) is 0 Å². The van der Waals surface area contributed by atoms with Crippen molar-refractivity contribution in [2.24, 2.45) is 0 Å². The predicted octanol–water partition coefficient (Wildman–Crippen LogP) is -0.652. The molecular weight excluding hydrogens is 234 g/mol. The minimum absolute atomic E-state index is 0. The molecule has 3 heteroatoms. The van der Waals surface area contributed by atoms with E-state index in [9.17, 15) is 0 Å².